The molecule has 0 saturated heterocycles. The lowest BCUT2D eigenvalue weighted by molar-refractivity contribution is -0.212. The fourth-order valence-corrected chi connectivity index (χ4v) is 13.1. The molecule has 10 atom stereocenters. The number of carbonyl (C=O) groups excluding carboxylic acids is 3. The number of aliphatic hydroxyl groups excluding tert-OH is 2. The Morgan fingerprint density at radius 1 is 0.914 bits per heavy atom. The van der Waals surface area contributed by atoms with E-state index in [1.54, 1.807) is 20.1 Å². The molecule has 3 aromatic rings. The standard InChI is InChI=1S/C58H71NO11/c1-4-43-15-16-46-48-25-35-10-8-9-34(21-35)24-45(61)28-42-26-38(40-22-36(32-60)23-44(27-40)59-33-57(2,66)19-20-68-3)13-14-39-31-52(63)70-55-47(39)29-41(54(64)53(55)37-11-6-5-7-12-37)30-51(69-56(42)65)58(43,67)49(46)17-18-50(48)62/h8-10,21-23,27-29,37-39,43,45-46,48-49,51,59-61,64,66-67H,4-7,11-12,15-20,24-26,30-33H2,1-3H3. The normalized spacial score (nSPS) is 30.0. The molecule has 0 spiro atoms. The van der Waals surface area contributed by atoms with Crippen molar-refractivity contribution >= 4 is 23.4 Å². The average molecular weight is 958 g/mol. The van der Waals surface area contributed by atoms with E-state index in [2.05, 4.69) is 17.2 Å². The summed E-state index contributed by atoms with van der Waals surface area (Å²) in [5.41, 5.74) is 2.71. The number of fused-ring (bicyclic) bond motifs is 7. The number of hydrogen-bond donors (Lipinski definition) is 6. The second kappa shape index (κ2) is 21.0. The van der Waals surface area contributed by atoms with Crippen LogP contribution >= 0.6 is 0 Å². The number of hydrogen-bond acceptors (Lipinski definition) is 12. The Balaban J connectivity index is 1.26. The molecule has 3 aliphatic carbocycles. The number of ether oxygens (including phenoxy) is 3. The van der Waals surface area contributed by atoms with Crippen molar-refractivity contribution in [1.29, 1.82) is 0 Å². The quantitative estimate of drug-likeness (QED) is 0.0653. The van der Waals surface area contributed by atoms with Crippen molar-refractivity contribution in [2.45, 2.75) is 164 Å². The third-order valence-electron chi connectivity index (χ3n) is 16.8. The summed E-state index contributed by atoms with van der Waals surface area (Å²) in [5, 5.41) is 63.6. The van der Waals surface area contributed by atoms with Crippen LogP contribution in [-0.2, 0) is 49.7 Å². The van der Waals surface area contributed by atoms with E-state index in [9.17, 15) is 35.1 Å². The number of rotatable bonds is 10. The van der Waals surface area contributed by atoms with E-state index in [4.69, 9.17) is 14.2 Å². The van der Waals surface area contributed by atoms with E-state index in [1.807, 2.05) is 49.4 Å². The Labute approximate surface area is 412 Å². The van der Waals surface area contributed by atoms with Crippen LogP contribution in [-0.4, -0.2) is 86.9 Å². The number of phenolic OH excluding ortho intramolecular Hbond substituents is 1. The summed E-state index contributed by atoms with van der Waals surface area (Å²) < 4.78 is 18.2. The van der Waals surface area contributed by atoms with Crippen LogP contribution < -0.4 is 10.1 Å². The van der Waals surface area contributed by atoms with Gasteiger partial charge in [-0.05, 0) is 128 Å². The molecule has 9 rings (SSSR count). The highest BCUT2D eigenvalue weighted by Crippen LogP contribution is 2.56. The summed E-state index contributed by atoms with van der Waals surface area (Å²) in [6.45, 7) is 3.98. The fourth-order valence-electron chi connectivity index (χ4n) is 13.1. The molecule has 10 bridgehead atoms. The maximum absolute atomic E-state index is 15.5. The summed E-state index contributed by atoms with van der Waals surface area (Å²) in [4.78, 5) is 43.3. The van der Waals surface area contributed by atoms with Crippen molar-refractivity contribution < 1.29 is 54.1 Å². The molecule has 374 valence electrons. The largest absolute Gasteiger partial charge is 0.507 e. The van der Waals surface area contributed by atoms with Crippen molar-refractivity contribution in [2.75, 3.05) is 25.6 Å². The molecule has 70 heavy (non-hydrogen) atoms. The molecule has 3 fully saturated rings. The lowest BCUT2D eigenvalue weighted by atomic mass is 9.53. The van der Waals surface area contributed by atoms with Crippen LogP contribution in [0.5, 0.6) is 11.5 Å². The minimum atomic E-state index is -1.62. The number of aliphatic hydroxyl groups is 4. The van der Waals surface area contributed by atoms with E-state index in [1.165, 1.54) is 6.08 Å². The van der Waals surface area contributed by atoms with Crippen molar-refractivity contribution in [1.82, 2.24) is 0 Å². The third kappa shape index (κ3) is 10.3. The molecule has 3 aromatic carbocycles. The Morgan fingerprint density at radius 2 is 1.69 bits per heavy atom. The highest BCUT2D eigenvalue weighted by molar-refractivity contribution is 5.89. The second-order valence-corrected chi connectivity index (χ2v) is 21.6. The molecular weight excluding hydrogens is 887 g/mol. The number of nitrogens with one attached hydrogen (secondary N) is 1. The van der Waals surface area contributed by atoms with Crippen molar-refractivity contribution in [3.63, 3.8) is 0 Å². The van der Waals surface area contributed by atoms with Crippen molar-refractivity contribution in [3.05, 3.63) is 99.1 Å². The van der Waals surface area contributed by atoms with Crippen molar-refractivity contribution in [3.8, 4) is 23.3 Å². The lowest BCUT2D eigenvalue weighted by Gasteiger charge is -2.56. The van der Waals surface area contributed by atoms with E-state index >= 15 is 4.79 Å². The van der Waals surface area contributed by atoms with Gasteiger partial charge in [-0.3, -0.25) is 9.59 Å². The molecule has 0 radical (unpaired) electrons. The Morgan fingerprint density at radius 3 is 2.44 bits per heavy atom. The molecule has 3 saturated carbocycles. The number of methoxy groups -OCH3 is 1. The maximum atomic E-state index is 15.5. The Bertz CT molecular complexity index is 2550. The second-order valence-electron chi connectivity index (χ2n) is 21.6. The third-order valence-corrected chi connectivity index (χ3v) is 16.8. The molecule has 6 N–H and O–H groups in total. The first-order chi connectivity index (χ1) is 33.7. The first-order valence-electron chi connectivity index (χ1n) is 25.9. The molecule has 0 aromatic heterocycles. The zero-order chi connectivity index (χ0) is 49.3. The van der Waals surface area contributed by atoms with E-state index < -0.39 is 53.1 Å². The van der Waals surface area contributed by atoms with E-state index in [-0.39, 0.29) is 86.0 Å². The molecule has 6 aliphatic rings. The number of aromatic hydroxyl groups is 1. The molecule has 10 unspecified atom stereocenters. The van der Waals surface area contributed by atoms with Crippen LogP contribution in [0.25, 0.3) is 0 Å². The highest BCUT2D eigenvalue weighted by Gasteiger charge is 2.59. The van der Waals surface area contributed by atoms with Gasteiger partial charge in [0, 0.05) is 80.2 Å². The SMILES string of the molecule is CCC1CCC2C3Cc4cccc(c4)CC(O)C=C4CC(c5cc(CO)cc(NCC(C)(O)CCOC)c5)C#CC5CC(=O)Oc6c5cc(c(O)c6C5CCCCC5)CC(OC4=O)C1(O)C2CCC3=O. The van der Waals surface area contributed by atoms with Gasteiger partial charge in [0.1, 0.15) is 29.0 Å². The summed E-state index contributed by atoms with van der Waals surface area (Å²) in [6, 6.07) is 15.3. The summed E-state index contributed by atoms with van der Waals surface area (Å²) >= 11 is 0. The van der Waals surface area contributed by atoms with Crippen LogP contribution in [0.4, 0.5) is 5.69 Å². The van der Waals surface area contributed by atoms with Crippen LogP contribution in [0.3, 0.4) is 0 Å². The van der Waals surface area contributed by atoms with Gasteiger partial charge in [-0.15, -0.1) is 0 Å². The summed E-state index contributed by atoms with van der Waals surface area (Å²) in [6.07, 6.45) is 7.27. The van der Waals surface area contributed by atoms with Crippen LogP contribution in [0.1, 0.15) is 154 Å². The van der Waals surface area contributed by atoms with Gasteiger partial charge in [-0.1, -0.05) is 74.8 Å². The number of ketones is 1. The predicted molar refractivity (Wildman–Crippen MR) is 264 cm³/mol. The van der Waals surface area contributed by atoms with Gasteiger partial charge in [-0.2, -0.15) is 0 Å². The van der Waals surface area contributed by atoms with Crippen LogP contribution in [0.15, 0.2) is 60.2 Å². The number of carbonyl (C=O) groups is 3. The molecule has 3 aliphatic heterocycles. The lowest BCUT2D eigenvalue weighted by Crippen LogP contribution is -2.63. The fraction of sp³-hybridized carbons (Fsp3) is 0.569. The van der Waals surface area contributed by atoms with E-state index in [0.29, 0.717) is 78.0 Å². The topological polar surface area (TPSA) is 192 Å². The number of esters is 2. The first kappa shape index (κ1) is 49.9. The zero-order valence-corrected chi connectivity index (χ0v) is 41.0. The number of Topliss-reactive ketones (excluding diaryl/α,β-unsaturated/α-hetero) is 1. The Kier molecular flexibility index (Phi) is 15.0. The molecule has 3 heterocycles. The number of benzene rings is 3. The van der Waals surface area contributed by atoms with Gasteiger partial charge in [-0.25, -0.2) is 4.79 Å². The molecule has 12 heteroatoms. The van der Waals surface area contributed by atoms with Crippen LogP contribution in [0.2, 0.25) is 0 Å². The predicted octanol–water partition coefficient (Wildman–Crippen LogP) is 8.02. The highest BCUT2D eigenvalue weighted by atomic mass is 16.6. The average Bonchev–Trinajstić information content (AvgIpc) is 3.35. The number of phenols is 1. The van der Waals surface area contributed by atoms with Gasteiger partial charge in [0.25, 0.3) is 0 Å². The van der Waals surface area contributed by atoms with Gasteiger partial charge in [0.2, 0.25) is 0 Å². The minimum Gasteiger partial charge on any atom is -0.507 e. The number of anilines is 1. The molecular formula is C58H71NO11. The first-order valence-corrected chi connectivity index (χ1v) is 25.9. The van der Waals surface area contributed by atoms with Crippen LogP contribution in [0, 0.1) is 35.5 Å². The van der Waals surface area contributed by atoms with Gasteiger partial charge >= 0.3 is 11.9 Å². The smallest absolute Gasteiger partial charge is 0.334 e. The summed E-state index contributed by atoms with van der Waals surface area (Å²) in [7, 11) is 1.58. The maximum Gasteiger partial charge on any atom is 0.334 e. The van der Waals surface area contributed by atoms with E-state index in [0.717, 1.165) is 49.7 Å². The summed E-state index contributed by atoms with van der Waals surface area (Å²) in [5.74, 6) is 3.42. The van der Waals surface area contributed by atoms with Gasteiger partial charge < -0.3 is 45.1 Å². The minimum absolute atomic E-state index is 0.0278. The molecule has 0 amide bonds. The van der Waals surface area contributed by atoms with Gasteiger partial charge in [0.15, 0.2) is 0 Å². The molecule has 12 nitrogen and oxygen atoms in total. The monoisotopic (exact) mass is 958 g/mol. The van der Waals surface area contributed by atoms with Crippen molar-refractivity contribution in [2.24, 2.45) is 23.7 Å². The Hall–Kier alpha value is -5.03. The van der Waals surface area contributed by atoms with Gasteiger partial charge in [0.05, 0.1) is 30.7 Å². The zero-order valence-electron chi connectivity index (χ0n) is 41.0.